The van der Waals surface area contributed by atoms with Crippen molar-refractivity contribution in [2.45, 2.75) is 13.5 Å². The van der Waals surface area contributed by atoms with E-state index in [2.05, 4.69) is 44.3 Å². The standard InChI is InChI=1S/C19H17N5/c1-13-2-8-21-17(10-13)16-11-18(24-19-15(16)5-9-22-19)23-12-14-3-6-20-7-4-14/h2-11H,12H2,1H3,(H2,22,23,24). The van der Waals surface area contributed by atoms with Crippen LogP contribution in [0, 0.1) is 6.92 Å². The summed E-state index contributed by atoms with van der Waals surface area (Å²) in [5.74, 6) is 0.820. The second-order valence-electron chi connectivity index (χ2n) is 5.72. The molecule has 0 fully saturated rings. The van der Waals surface area contributed by atoms with Crippen molar-refractivity contribution in [2.75, 3.05) is 5.32 Å². The van der Waals surface area contributed by atoms with Crippen LogP contribution < -0.4 is 5.32 Å². The predicted molar refractivity (Wildman–Crippen MR) is 95.6 cm³/mol. The van der Waals surface area contributed by atoms with E-state index in [-0.39, 0.29) is 0 Å². The normalized spacial score (nSPS) is 10.9. The molecular weight excluding hydrogens is 298 g/mol. The van der Waals surface area contributed by atoms with Crippen LogP contribution in [0.2, 0.25) is 0 Å². The van der Waals surface area contributed by atoms with Crippen molar-refractivity contribution in [1.82, 2.24) is 19.9 Å². The largest absolute Gasteiger partial charge is 0.366 e. The van der Waals surface area contributed by atoms with Crippen molar-refractivity contribution in [2.24, 2.45) is 0 Å². The number of aromatic amines is 1. The molecule has 4 rings (SSSR count). The first kappa shape index (κ1) is 14.4. The third kappa shape index (κ3) is 2.84. The van der Waals surface area contributed by atoms with Crippen molar-refractivity contribution >= 4 is 16.9 Å². The monoisotopic (exact) mass is 315 g/mol. The average molecular weight is 315 g/mol. The van der Waals surface area contributed by atoms with Crippen LogP contribution in [0.4, 0.5) is 5.82 Å². The van der Waals surface area contributed by atoms with Crippen LogP contribution in [0.1, 0.15) is 11.1 Å². The molecule has 0 aliphatic carbocycles. The van der Waals surface area contributed by atoms with E-state index < -0.39 is 0 Å². The van der Waals surface area contributed by atoms with Gasteiger partial charge in [0.15, 0.2) is 0 Å². The third-order valence-corrected chi connectivity index (χ3v) is 3.94. The lowest BCUT2D eigenvalue weighted by atomic mass is 10.1. The van der Waals surface area contributed by atoms with Crippen molar-refractivity contribution in [3.63, 3.8) is 0 Å². The molecule has 0 aromatic carbocycles. The maximum atomic E-state index is 4.65. The van der Waals surface area contributed by atoms with Gasteiger partial charge in [-0.05, 0) is 54.4 Å². The van der Waals surface area contributed by atoms with Crippen LogP contribution in [0.15, 0.2) is 61.2 Å². The molecule has 0 saturated heterocycles. The lowest BCUT2D eigenvalue weighted by molar-refractivity contribution is 1.10. The van der Waals surface area contributed by atoms with Gasteiger partial charge in [-0.3, -0.25) is 9.97 Å². The number of H-pyrrole nitrogens is 1. The summed E-state index contributed by atoms with van der Waals surface area (Å²) in [5.41, 5.74) is 5.23. The third-order valence-electron chi connectivity index (χ3n) is 3.94. The zero-order valence-corrected chi connectivity index (χ0v) is 13.3. The van der Waals surface area contributed by atoms with E-state index in [4.69, 9.17) is 0 Å². The number of hydrogen-bond donors (Lipinski definition) is 2. The summed E-state index contributed by atoms with van der Waals surface area (Å²) < 4.78 is 0. The predicted octanol–water partition coefficient (Wildman–Crippen LogP) is 3.94. The Morgan fingerprint density at radius 2 is 1.92 bits per heavy atom. The summed E-state index contributed by atoms with van der Waals surface area (Å²) in [7, 11) is 0. The number of hydrogen-bond acceptors (Lipinski definition) is 4. The fourth-order valence-corrected chi connectivity index (χ4v) is 2.72. The van der Waals surface area contributed by atoms with Crippen LogP contribution in [0.5, 0.6) is 0 Å². The fraction of sp³-hybridized carbons (Fsp3) is 0.105. The van der Waals surface area contributed by atoms with Crippen molar-refractivity contribution < 1.29 is 0 Å². The van der Waals surface area contributed by atoms with Crippen molar-refractivity contribution in [3.05, 3.63) is 72.3 Å². The van der Waals surface area contributed by atoms with Gasteiger partial charge in [-0.25, -0.2) is 4.98 Å². The highest BCUT2D eigenvalue weighted by Gasteiger charge is 2.10. The number of aryl methyl sites for hydroxylation is 1. The Labute approximate surface area is 139 Å². The first-order valence-electron chi connectivity index (χ1n) is 7.83. The van der Waals surface area contributed by atoms with Crippen LogP contribution in [0.25, 0.3) is 22.3 Å². The summed E-state index contributed by atoms with van der Waals surface area (Å²) in [6.07, 6.45) is 7.33. The molecule has 5 nitrogen and oxygen atoms in total. The summed E-state index contributed by atoms with van der Waals surface area (Å²) in [6, 6.07) is 12.2. The highest BCUT2D eigenvalue weighted by atomic mass is 15.0. The minimum atomic E-state index is 0.697. The molecule has 2 N–H and O–H groups in total. The molecule has 4 aromatic rings. The smallest absolute Gasteiger partial charge is 0.140 e. The summed E-state index contributed by atoms with van der Waals surface area (Å²) in [6.45, 7) is 2.77. The van der Waals surface area contributed by atoms with Crippen LogP contribution in [-0.2, 0) is 6.54 Å². The average Bonchev–Trinajstić information content (AvgIpc) is 3.08. The maximum Gasteiger partial charge on any atom is 0.140 e. The number of rotatable bonds is 4. The second-order valence-corrected chi connectivity index (χ2v) is 5.72. The zero-order valence-electron chi connectivity index (χ0n) is 13.3. The molecule has 5 heteroatoms. The molecule has 118 valence electrons. The van der Waals surface area contributed by atoms with Gasteiger partial charge in [-0.15, -0.1) is 0 Å². The first-order chi connectivity index (χ1) is 11.8. The van der Waals surface area contributed by atoms with Gasteiger partial charge in [0.05, 0.1) is 5.69 Å². The van der Waals surface area contributed by atoms with Gasteiger partial charge in [0.25, 0.3) is 0 Å². The van der Waals surface area contributed by atoms with Gasteiger partial charge in [-0.1, -0.05) is 0 Å². The molecular formula is C19H17N5. The Bertz CT molecular complexity index is 975. The van der Waals surface area contributed by atoms with E-state index in [1.165, 1.54) is 5.56 Å². The number of anilines is 1. The highest BCUT2D eigenvalue weighted by Crippen LogP contribution is 2.29. The van der Waals surface area contributed by atoms with E-state index >= 15 is 0 Å². The Morgan fingerprint density at radius 1 is 1.04 bits per heavy atom. The number of fused-ring (bicyclic) bond motifs is 1. The second kappa shape index (κ2) is 6.12. The number of pyridine rings is 3. The molecule has 0 aliphatic rings. The maximum absolute atomic E-state index is 4.65. The molecule has 0 radical (unpaired) electrons. The number of nitrogens with zero attached hydrogens (tertiary/aromatic N) is 3. The Morgan fingerprint density at radius 3 is 2.75 bits per heavy atom. The van der Waals surface area contributed by atoms with Crippen molar-refractivity contribution in [1.29, 1.82) is 0 Å². The van der Waals surface area contributed by atoms with E-state index in [9.17, 15) is 0 Å². The number of aromatic nitrogens is 4. The minimum Gasteiger partial charge on any atom is -0.366 e. The van der Waals surface area contributed by atoms with E-state index in [0.29, 0.717) is 6.54 Å². The quantitative estimate of drug-likeness (QED) is 0.598. The van der Waals surface area contributed by atoms with E-state index in [1.807, 2.05) is 36.7 Å². The van der Waals surface area contributed by atoms with Crippen LogP contribution in [-0.4, -0.2) is 19.9 Å². The Kier molecular flexibility index (Phi) is 3.67. The van der Waals surface area contributed by atoms with E-state index in [1.54, 1.807) is 12.4 Å². The Hall–Kier alpha value is -3.21. The summed E-state index contributed by atoms with van der Waals surface area (Å²) in [4.78, 5) is 16.4. The van der Waals surface area contributed by atoms with Gasteiger partial charge in [0.2, 0.25) is 0 Å². The lowest BCUT2D eigenvalue weighted by Crippen LogP contribution is -2.02. The summed E-state index contributed by atoms with van der Waals surface area (Å²) in [5, 5.41) is 4.45. The molecule has 0 bridgehead atoms. The molecule has 4 heterocycles. The van der Waals surface area contributed by atoms with Gasteiger partial charge < -0.3 is 10.3 Å². The van der Waals surface area contributed by atoms with Crippen molar-refractivity contribution in [3.8, 4) is 11.3 Å². The SMILES string of the molecule is Cc1ccnc(-c2cc(NCc3ccncc3)nc3[nH]ccc23)c1. The molecule has 0 aliphatic heterocycles. The molecule has 4 aromatic heterocycles. The highest BCUT2D eigenvalue weighted by molar-refractivity contribution is 5.93. The molecule has 24 heavy (non-hydrogen) atoms. The molecule has 0 saturated carbocycles. The van der Waals surface area contributed by atoms with Crippen LogP contribution in [0.3, 0.4) is 0 Å². The molecule has 0 unspecified atom stereocenters. The van der Waals surface area contributed by atoms with Crippen LogP contribution >= 0.6 is 0 Å². The van der Waals surface area contributed by atoms with Gasteiger partial charge in [-0.2, -0.15) is 0 Å². The molecule has 0 amide bonds. The minimum absolute atomic E-state index is 0.697. The van der Waals surface area contributed by atoms with Gasteiger partial charge in [0.1, 0.15) is 11.5 Å². The lowest BCUT2D eigenvalue weighted by Gasteiger charge is -2.09. The fourth-order valence-electron chi connectivity index (χ4n) is 2.72. The number of nitrogens with one attached hydrogen (secondary N) is 2. The first-order valence-corrected chi connectivity index (χ1v) is 7.83. The molecule has 0 atom stereocenters. The van der Waals surface area contributed by atoms with Gasteiger partial charge in [0, 0.05) is 42.3 Å². The zero-order chi connectivity index (χ0) is 16.4. The summed E-state index contributed by atoms with van der Waals surface area (Å²) >= 11 is 0. The van der Waals surface area contributed by atoms with Gasteiger partial charge >= 0.3 is 0 Å². The molecule has 0 spiro atoms. The Balaban J connectivity index is 1.72. The topological polar surface area (TPSA) is 66.5 Å². The van der Waals surface area contributed by atoms with E-state index in [0.717, 1.165) is 33.7 Å².